The van der Waals surface area contributed by atoms with Crippen molar-refractivity contribution in [2.75, 3.05) is 11.9 Å². The van der Waals surface area contributed by atoms with E-state index in [1.165, 1.54) is 6.07 Å². The highest BCUT2D eigenvalue weighted by Gasteiger charge is 2.62. The fourth-order valence-electron chi connectivity index (χ4n) is 4.18. The highest BCUT2D eigenvalue weighted by molar-refractivity contribution is 5.95. The molecule has 3 atom stereocenters. The van der Waals surface area contributed by atoms with Crippen molar-refractivity contribution < 1.29 is 22.7 Å². The maximum absolute atomic E-state index is 13.0. The molecule has 1 amide bonds. The van der Waals surface area contributed by atoms with Crippen molar-refractivity contribution in [3.05, 3.63) is 66.0 Å². The van der Waals surface area contributed by atoms with E-state index in [-0.39, 0.29) is 24.1 Å². The van der Waals surface area contributed by atoms with Gasteiger partial charge in [-0.1, -0.05) is 24.3 Å². The first kappa shape index (κ1) is 22.0. The largest absolute Gasteiger partial charge is 0.489 e. The zero-order valence-electron chi connectivity index (χ0n) is 17.7. The summed E-state index contributed by atoms with van der Waals surface area (Å²) in [5, 5.41) is 2.63. The summed E-state index contributed by atoms with van der Waals surface area (Å²) in [5.74, 6) is 0.563. The molecule has 2 aliphatic carbocycles. The number of ether oxygens (including phenoxy) is 1. The van der Waals surface area contributed by atoms with Crippen LogP contribution in [0.15, 0.2) is 48.8 Å². The van der Waals surface area contributed by atoms with Crippen LogP contribution in [0, 0.1) is 31.1 Å². The molecule has 2 aromatic heterocycles. The average Bonchev–Trinajstić information content (AvgIpc) is 3.49. The number of alkyl halides is 3. The lowest BCUT2D eigenvalue weighted by molar-refractivity contribution is -0.141. The van der Waals surface area contributed by atoms with Crippen molar-refractivity contribution in [1.29, 1.82) is 0 Å². The SMILES string of the molecule is Cc1ncc(OC[C@@]2(C3C=CC=CC3)C[C@H]2C(=O)Nc2ccnc(C(F)(F)F)c2)c(C)n1. The van der Waals surface area contributed by atoms with Crippen LogP contribution in [0.5, 0.6) is 5.75 Å². The minimum Gasteiger partial charge on any atom is -0.489 e. The van der Waals surface area contributed by atoms with Crippen LogP contribution in [-0.2, 0) is 11.0 Å². The van der Waals surface area contributed by atoms with Gasteiger partial charge in [0.2, 0.25) is 5.91 Å². The molecule has 1 fully saturated rings. The third-order valence-corrected chi connectivity index (χ3v) is 6.02. The van der Waals surface area contributed by atoms with Crippen LogP contribution in [0.1, 0.15) is 30.1 Å². The first-order chi connectivity index (χ1) is 15.2. The molecule has 0 saturated heterocycles. The topological polar surface area (TPSA) is 77.0 Å². The van der Waals surface area contributed by atoms with Crippen LogP contribution in [0.2, 0.25) is 0 Å². The van der Waals surface area contributed by atoms with E-state index in [9.17, 15) is 18.0 Å². The quantitative estimate of drug-likeness (QED) is 0.701. The van der Waals surface area contributed by atoms with Crippen LogP contribution in [0.25, 0.3) is 0 Å². The van der Waals surface area contributed by atoms with E-state index in [2.05, 4.69) is 26.3 Å². The number of carbonyl (C=O) groups excluding carboxylic acids is 1. The second kappa shape index (κ2) is 8.37. The Morgan fingerprint density at radius 3 is 2.78 bits per heavy atom. The minimum atomic E-state index is -4.58. The Hall–Kier alpha value is -3.23. The summed E-state index contributed by atoms with van der Waals surface area (Å²) in [6.45, 7) is 3.91. The number of allylic oxidation sites excluding steroid dienone is 4. The Bertz CT molecular complexity index is 1080. The number of aromatic nitrogens is 3. The molecule has 2 aliphatic rings. The standard InChI is InChI=1S/C23H23F3N4O2/c1-14-19(12-28-15(2)29-14)32-13-22(16-6-4-3-5-7-16)11-18(22)21(31)30-17-8-9-27-20(10-17)23(24,25)26/h3-6,8-10,12,16,18H,7,11,13H2,1-2H3,(H,27,30,31)/t16?,18-,22+/m0/s1. The van der Waals surface area contributed by atoms with Crippen molar-refractivity contribution in [3.8, 4) is 5.75 Å². The van der Waals surface area contributed by atoms with Gasteiger partial charge in [0.15, 0.2) is 5.75 Å². The number of rotatable bonds is 6. The van der Waals surface area contributed by atoms with E-state index >= 15 is 0 Å². The lowest BCUT2D eigenvalue weighted by Crippen LogP contribution is -2.29. The van der Waals surface area contributed by atoms with Crippen molar-refractivity contribution >= 4 is 11.6 Å². The Labute approximate surface area is 183 Å². The van der Waals surface area contributed by atoms with Gasteiger partial charge in [-0.3, -0.25) is 9.78 Å². The zero-order chi connectivity index (χ0) is 22.9. The van der Waals surface area contributed by atoms with Gasteiger partial charge in [-0.15, -0.1) is 0 Å². The summed E-state index contributed by atoms with van der Waals surface area (Å²) in [5.41, 5.74) is -0.718. The molecule has 1 N–H and O–H groups in total. The Kier molecular flexibility index (Phi) is 5.75. The van der Waals surface area contributed by atoms with Gasteiger partial charge >= 0.3 is 6.18 Å². The number of anilines is 1. The number of pyridine rings is 1. The van der Waals surface area contributed by atoms with Gasteiger partial charge in [-0.25, -0.2) is 9.97 Å². The molecule has 6 nitrogen and oxygen atoms in total. The Morgan fingerprint density at radius 1 is 1.28 bits per heavy atom. The molecule has 0 aliphatic heterocycles. The van der Waals surface area contributed by atoms with Gasteiger partial charge in [0.25, 0.3) is 0 Å². The molecular formula is C23H23F3N4O2. The monoisotopic (exact) mass is 444 g/mol. The molecule has 1 unspecified atom stereocenters. The second-order valence-electron chi connectivity index (χ2n) is 8.22. The van der Waals surface area contributed by atoms with E-state index < -0.39 is 23.2 Å². The maximum atomic E-state index is 13.0. The number of nitrogens with one attached hydrogen (secondary N) is 1. The smallest absolute Gasteiger partial charge is 0.433 e. The summed E-state index contributed by atoms with van der Waals surface area (Å²) in [4.78, 5) is 24.8. The molecule has 168 valence electrons. The highest BCUT2D eigenvalue weighted by Crippen LogP contribution is 2.60. The molecule has 0 bridgehead atoms. The summed E-state index contributed by atoms with van der Waals surface area (Å²) < 4.78 is 44.9. The normalized spacial score (nSPS) is 24.3. The van der Waals surface area contributed by atoms with E-state index in [0.29, 0.717) is 23.7 Å². The molecule has 9 heteroatoms. The first-order valence-corrected chi connectivity index (χ1v) is 10.3. The van der Waals surface area contributed by atoms with E-state index in [1.807, 2.05) is 25.2 Å². The molecule has 4 rings (SSSR count). The fourth-order valence-corrected chi connectivity index (χ4v) is 4.18. The molecule has 2 heterocycles. The van der Waals surface area contributed by atoms with Gasteiger partial charge in [-0.2, -0.15) is 13.2 Å². The number of halogens is 3. The van der Waals surface area contributed by atoms with Gasteiger partial charge in [0.1, 0.15) is 11.5 Å². The second-order valence-corrected chi connectivity index (χ2v) is 8.22. The van der Waals surface area contributed by atoms with Gasteiger partial charge in [0.05, 0.1) is 18.5 Å². The van der Waals surface area contributed by atoms with E-state index in [0.717, 1.165) is 18.7 Å². The lowest BCUT2D eigenvalue weighted by Gasteiger charge is -2.26. The van der Waals surface area contributed by atoms with Crippen molar-refractivity contribution in [1.82, 2.24) is 15.0 Å². The molecular weight excluding hydrogens is 421 g/mol. The molecule has 0 radical (unpaired) electrons. The van der Waals surface area contributed by atoms with Crippen molar-refractivity contribution in [3.63, 3.8) is 0 Å². The van der Waals surface area contributed by atoms with Crippen LogP contribution in [0.4, 0.5) is 18.9 Å². The Balaban J connectivity index is 1.51. The van der Waals surface area contributed by atoms with Crippen molar-refractivity contribution in [2.24, 2.45) is 17.3 Å². The Morgan fingerprint density at radius 2 is 2.09 bits per heavy atom. The predicted molar refractivity (Wildman–Crippen MR) is 112 cm³/mol. The predicted octanol–water partition coefficient (Wildman–Crippen LogP) is 4.66. The van der Waals surface area contributed by atoms with Crippen LogP contribution in [0.3, 0.4) is 0 Å². The third-order valence-electron chi connectivity index (χ3n) is 6.02. The zero-order valence-corrected chi connectivity index (χ0v) is 17.7. The number of carbonyl (C=O) groups is 1. The number of amides is 1. The van der Waals surface area contributed by atoms with Crippen LogP contribution in [-0.4, -0.2) is 27.5 Å². The fraction of sp³-hybridized carbons (Fsp3) is 0.391. The van der Waals surface area contributed by atoms with Gasteiger partial charge < -0.3 is 10.1 Å². The van der Waals surface area contributed by atoms with Crippen molar-refractivity contribution in [2.45, 2.75) is 32.9 Å². The van der Waals surface area contributed by atoms with E-state index in [1.54, 1.807) is 13.1 Å². The summed E-state index contributed by atoms with van der Waals surface area (Å²) in [6, 6.07) is 2.19. The number of hydrogen-bond donors (Lipinski definition) is 1. The third kappa shape index (κ3) is 4.51. The van der Waals surface area contributed by atoms with E-state index in [4.69, 9.17) is 4.74 Å². The number of hydrogen-bond acceptors (Lipinski definition) is 5. The summed E-state index contributed by atoms with van der Waals surface area (Å²) in [6.07, 6.45) is 7.42. The molecule has 0 spiro atoms. The summed E-state index contributed by atoms with van der Waals surface area (Å²) >= 11 is 0. The molecule has 0 aromatic carbocycles. The number of nitrogens with zero attached hydrogens (tertiary/aromatic N) is 3. The number of aryl methyl sites for hydroxylation is 2. The van der Waals surface area contributed by atoms with Crippen LogP contribution < -0.4 is 10.1 Å². The van der Waals surface area contributed by atoms with Gasteiger partial charge in [-0.05, 0) is 44.7 Å². The van der Waals surface area contributed by atoms with Crippen LogP contribution >= 0.6 is 0 Å². The maximum Gasteiger partial charge on any atom is 0.433 e. The summed E-state index contributed by atoms with van der Waals surface area (Å²) in [7, 11) is 0. The minimum absolute atomic E-state index is 0.0703. The van der Waals surface area contributed by atoms with Gasteiger partial charge in [0, 0.05) is 23.2 Å². The molecule has 1 saturated carbocycles. The highest BCUT2D eigenvalue weighted by atomic mass is 19.4. The lowest BCUT2D eigenvalue weighted by atomic mass is 9.82. The molecule has 32 heavy (non-hydrogen) atoms. The first-order valence-electron chi connectivity index (χ1n) is 10.3. The molecule has 2 aromatic rings. The average molecular weight is 444 g/mol.